The van der Waals surface area contributed by atoms with Crippen molar-refractivity contribution in [3.05, 3.63) is 40.7 Å². The Bertz CT molecular complexity index is 814. The maximum Gasteiger partial charge on any atom is 0.226 e. The monoisotopic (exact) mass is 357 g/mol. The molecule has 2 aliphatic rings. The number of hydrogen-bond acceptors (Lipinski definition) is 4. The van der Waals surface area contributed by atoms with E-state index in [1.54, 1.807) is 6.20 Å². The molecule has 1 amide bonds. The van der Waals surface area contributed by atoms with Crippen LogP contribution in [0.2, 0.25) is 0 Å². The van der Waals surface area contributed by atoms with Crippen LogP contribution in [0.1, 0.15) is 49.4 Å². The van der Waals surface area contributed by atoms with E-state index in [2.05, 4.69) is 28.2 Å². The highest BCUT2D eigenvalue weighted by atomic mass is 32.1. The number of carbonyl (C=O) groups excluding carboxylic acids is 1. The van der Waals surface area contributed by atoms with Gasteiger partial charge in [-0.2, -0.15) is 5.10 Å². The lowest BCUT2D eigenvalue weighted by Crippen LogP contribution is -2.40. The van der Waals surface area contributed by atoms with Gasteiger partial charge in [0.15, 0.2) is 4.77 Å². The molecule has 0 aromatic carbocycles. The Kier molecular flexibility index (Phi) is 4.41. The number of pyridine rings is 1. The van der Waals surface area contributed by atoms with E-state index < -0.39 is 0 Å². The quantitative estimate of drug-likeness (QED) is 0.855. The fourth-order valence-corrected chi connectivity index (χ4v) is 4.27. The summed E-state index contributed by atoms with van der Waals surface area (Å²) in [5.74, 6) is 2.00. The largest absolute Gasteiger partial charge is 0.342 e. The average molecular weight is 357 g/mol. The van der Waals surface area contributed by atoms with E-state index >= 15 is 0 Å². The zero-order valence-electron chi connectivity index (χ0n) is 14.4. The smallest absolute Gasteiger partial charge is 0.226 e. The van der Waals surface area contributed by atoms with Crippen LogP contribution < -0.4 is 0 Å². The van der Waals surface area contributed by atoms with Gasteiger partial charge in [0.2, 0.25) is 5.91 Å². The highest BCUT2D eigenvalue weighted by Gasteiger charge is 2.46. The summed E-state index contributed by atoms with van der Waals surface area (Å²) in [6.07, 6.45) is 6.68. The second kappa shape index (κ2) is 6.71. The molecule has 1 N–H and O–H groups in total. The number of likely N-dealkylation sites (tertiary alicyclic amines) is 1. The van der Waals surface area contributed by atoms with Gasteiger partial charge >= 0.3 is 0 Å². The molecule has 0 bridgehead atoms. The van der Waals surface area contributed by atoms with Crippen molar-refractivity contribution in [1.82, 2.24) is 24.6 Å². The molecule has 3 unspecified atom stereocenters. The number of carbonyl (C=O) groups is 1. The number of H-pyrrole nitrogens is 1. The molecule has 2 aromatic rings. The Labute approximate surface area is 152 Å². The predicted octanol–water partition coefficient (Wildman–Crippen LogP) is 2.87. The van der Waals surface area contributed by atoms with Gasteiger partial charge in [0, 0.05) is 43.9 Å². The van der Waals surface area contributed by atoms with Crippen LogP contribution >= 0.6 is 12.2 Å². The number of aromatic amines is 1. The Balaban J connectivity index is 1.45. The van der Waals surface area contributed by atoms with Crippen LogP contribution in [-0.2, 0) is 11.3 Å². The van der Waals surface area contributed by atoms with E-state index in [0.29, 0.717) is 10.7 Å². The molecule has 0 radical (unpaired) electrons. The lowest BCUT2D eigenvalue weighted by atomic mass is 9.96. The molecule has 2 fully saturated rings. The summed E-state index contributed by atoms with van der Waals surface area (Å²) in [6.45, 7) is 4.47. The van der Waals surface area contributed by atoms with E-state index in [4.69, 9.17) is 12.2 Å². The molecule has 1 saturated heterocycles. The first-order valence-electron chi connectivity index (χ1n) is 9.02. The van der Waals surface area contributed by atoms with Crippen LogP contribution in [0.3, 0.4) is 0 Å². The summed E-state index contributed by atoms with van der Waals surface area (Å²) in [5, 5.41) is 7.33. The van der Waals surface area contributed by atoms with Crippen molar-refractivity contribution in [2.75, 3.05) is 13.1 Å². The summed E-state index contributed by atoms with van der Waals surface area (Å²) in [7, 11) is 0. The number of nitrogens with zero attached hydrogens (tertiary/aromatic N) is 4. The average Bonchev–Trinajstić information content (AvgIpc) is 3.37. The molecule has 3 heterocycles. The van der Waals surface area contributed by atoms with Crippen molar-refractivity contribution in [3.63, 3.8) is 0 Å². The standard InChI is InChI=1S/C18H23N5OS/c1-2-23-16(20-21-18(23)25)13-6-4-8-22(11-13)17(24)15-9-14(15)12-5-3-7-19-10-12/h3,5,7,10,13-15H,2,4,6,8-9,11H2,1H3,(H,21,25). The van der Waals surface area contributed by atoms with Gasteiger partial charge in [-0.15, -0.1) is 0 Å². The van der Waals surface area contributed by atoms with Crippen molar-refractivity contribution < 1.29 is 4.79 Å². The molecular formula is C18H23N5OS. The van der Waals surface area contributed by atoms with E-state index in [0.717, 1.165) is 44.7 Å². The van der Waals surface area contributed by atoms with Crippen molar-refractivity contribution in [2.24, 2.45) is 5.92 Å². The van der Waals surface area contributed by atoms with Gasteiger partial charge in [0.25, 0.3) is 0 Å². The second-order valence-electron chi connectivity index (χ2n) is 6.99. The van der Waals surface area contributed by atoms with Gasteiger partial charge in [-0.25, -0.2) is 0 Å². The molecule has 7 heteroatoms. The molecule has 25 heavy (non-hydrogen) atoms. The molecular weight excluding hydrogens is 334 g/mol. The minimum absolute atomic E-state index is 0.120. The van der Waals surface area contributed by atoms with E-state index in [9.17, 15) is 4.79 Å². The van der Waals surface area contributed by atoms with Crippen molar-refractivity contribution >= 4 is 18.1 Å². The van der Waals surface area contributed by atoms with Gasteiger partial charge < -0.3 is 9.47 Å². The second-order valence-corrected chi connectivity index (χ2v) is 7.38. The minimum Gasteiger partial charge on any atom is -0.342 e. The number of hydrogen-bond donors (Lipinski definition) is 1. The maximum absolute atomic E-state index is 12.9. The number of rotatable bonds is 4. The number of nitrogens with one attached hydrogen (secondary N) is 1. The SMILES string of the molecule is CCn1c(C2CCCN(C(=O)C3CC3c3cccnc3)C2)n[nH]c1=S. The highest BCUT2D eigenvalue weighted by Crippen LogP contribution is 2.48. The lowest BCUT2D eigenvalue weighted by molar-refractivity contribution is -0.133. The van der Waals surface area contributed by atoms with Crippen LogP contribution in [0, 0.1) is 10.7 Å². The maximum atomic E-state index is 12.9. The fourth-order valence-electron chi connectivity index (χ4n) is 4.00. The first-order chi connectivity index (χ1) is 12.2. The topological polar surface area (TPSA) is 66.8 Å². The molecule has 1 aliphatic carbocycles. The molecule has 1 aliphatic heterocycles. The molecule has 2 aromatic heterocycles. The van der Waals surface area contributed by atoms with Gasteiger partial charge in [-0.3, -0.25) is 14.9 Å². The van der Waals surface area contributed by atoms with Crippen molar-refractivity contribution in [2.45, 2.75) is 44.6 Å². The summed E-state index contributed by atoms with van der Waals surface area (Å²) in [4.78, 5) is 19.1. The molecule has 4 rings (SSSR count). The Hall–Kier alpha value is -2.02. The minimum atomic E-state index is 0.120. The highest BCUT2D eigenvalue weighted by molar-refractivity contribution is 7.71. The van der Waals surface area contributed by atoms with Crippen molar-refractivity contribution in [3.8, 4) is 0 Å². The number of aromatic nitrogens is 4. The molecule has 3 atom stereocenters. The molecule has 6 nitrogen and oxygen atoms in total. The van der Waals surface area contributed by atoms with Crippen LogP contribution in [-0.4, -0.2) is 43.6 Å². The van der Waals surface area contributed by atoms with Crippen LogP contribution in [0.5, 0.6) is 0 Å². The summed E-state index contributed by atoms with van der Waals surface area (Å²) < 4.78 is 2.71. The van der Waals surface area contributed by atoms with Crippen LogP contribution in [0.15, 0.2) is 24.5 Å². The van der Waals surface area contributed by atoms with E-state index in [1.165, 1.54) is 5.56 Å². The predicted molar refractivity (Wildman–Crippen MR) is 96.7 cm³/mol. The Morgan fingerprint density at radius 2 is 2.36 bits per heavy atom. The number of amides is 1. The third-order valence-corrected chi connectivity index (χ3v) is 5.73. The first kappa shape index (κ1) is 16.4. The third kappa shape index (κ3) is 3.13. The summed E-state index contributed by atoms with van der Waals surface area (Å²) in [6, 6.07) is 4.02. The number of piperidine rings is 1. The van der Waals surface area contributed by atoms with Gasteiger partial charge in [0.1, 0.15) is 5.82 Å². The van der Waals surface area contributed by atoms with Gasteiger partial charge in [0.05, 0.1) is 0 Å². The third-order valence-electron chi connectivity index (χ3n) is 5.42. The zero-order chi connectivity index (χ0) is 17.4. The van der Waals surface area contributed by atoms with Crippen LogP contribution in [0.25, 0.3) is 0 Å². The Morgan fingerprint density at radius 3 is 3.12 bits per heavy atom. The zero-order valence-corrected chi connectivity index (χ0v) is 15.2. The van der Waals surface area contributed by atoms with Gasteiger partial charge in [-0.05, 0) is 56.0 Å². The first-order valence-corrected chi connectivity index (χ1v) is 9.43. The molecule has 132 valence electrons. The Morgan fingerprint density at radius 1 is 1.48 bits per heavy atom. The molecule has 0 spiro atoms. The summed E-state index contributed by atoms with van der Waals surface area (Å²) in [5.41, 5.74) is 1.18. The lowest BCUT2D eigenvalue weighted by Gasteiger charge is -2.32. The fraction of sp³-hybridized carbons (Fsp3) is 0.556. The normalized spacial score (nSPS) is 25.8. The van der Waals surface area contributed by atoms with Crippen LogP contribution in [0.4, 0.5) is 0 Å². The van der Waals surface area contributed by atoms with E-state index in [-0.39, 0.29) is 17.7 Å². The summed E-state index contributed by atoms with van der Waals surface area (Å²) >= 11 is 5.30. The van der Waals surface area contributed by atoms with E-state index in [1.807, 2.05) is 21.7 Å². The van der Waals surface area contributed by atoms with Crippen molar-refractivity contribution in [1.29, 1.82) is 0 Å². The molecule has 1 saturated carbocycles. The van der Waals surface area contributed by atoms with Gasteiger partial charge in [-0.1, -0.05) is 6.07 Å².